The average Bonchev–Trinajstić information content (AvgIpc) is 2.48. The number of carbonyl (C=O) groups is 1. The highest BCUT2D eigenvalue weighted by molar-refractivity contribution is 5.79. The Kier molecular flexibility index (Phi) is 7.45. The predicted molar refractivity (Wildman–Crippen MR) is 76.2 cm³/mol. The summed E-state index contributed by atoms with van der Waals surface area (Å²) in [6.07, 6.45) is 0.463. The normalized spacial score (nSPS) is 14.0. The largest absolute Gasteiger partial charge is 0.491 e. The Morgan fingerprint density at radius 1 is 1.43 bits per heavy atom. The lowest BCUT2D eigenvalue weighted by atomic mass is 10.0. The molecule has 0 unspecified atom stereocenters. The molecule has 0 saturated heterocycles. The van der Waals surface area contributed by atoms with Gasteiger partial charge in [0.2, 0.25) is 0 Å². The van der Waals surface area contributed by atoms with Crippen molar-refractivity contribution in [2.24, 2.45) is 0 Å². The van der Waals surface area contributed by atoms with E-state index in [-0.39, 0.29) is 13.2 Å². The molecule has 0 amide bonds. The van der Waals surface area contributed by atoms with Gasteiger partial charge in [-0.3, -0.25) is 0 Å². The second-order valence-electron chi connectivity index (χ2n) is 4.21. The molecule has 1 aromatic carbocycles. The van der Waals surface area contributed by atoms with Gasteiger partial charge in [-0.2, -0.15) is 0 Å². The van der Waals surface area contributed by atoms with Crippen molar-refractivity contribution in [3.05, 3.63) is 42.0 Å². The topological polar surface area (TPSA) is 96.2 Å². The molecule has 0 aliphatic carbocycles. The van der Waals surface area contributed by atoms with E-state index in [1.54, 1.807) is 31.2 Å². The Balaban J connectivity index is 2.86. The zero-order valence-electron chi connectivity index (χ0n) is 11.8. The third-order valence-corrected chi connectivity index (χ3v) is 2.66. The van der Waals surface area contributed by atoms with Crippen LogP contribution in [0.3, 0.4) is 0 Å². The van der Waals surface area contributed by atoms with Crippen LogP contribution in [0.2, 0.25) is 0 Å². The van der Waals surface area contributed by atoms with E-state index in [4.69, 9.17) is 19.7 Å². The Bertz CT molecular complexity index is 471. The summed E-state index contributed by atoms with van der Waals surface area (Å²) in [5.74, 6) is -0.593. The second-order valence-corrected chi connectivity index (χ2v) is 4.21. The first-order valence-corrected chi connectivity index (χ1v) is 6.63. The number of rotatable bonds is 9. The molecule has 116 valence electrons. The van der Waals surface area contributed by atoms with Crippen molar-refractivity contribution in [3.63, 3.8) is 0 Å². The van der Waals surface area contributed by atoms with E-state index >= 15 is 0 Å². The van der Waals surface area contributed by atoms with E-state index in [1.165, 1.54) is 6.08 Å². The summed E-state index contributed by atoms with van der Waals surface area (Å²) in [4.78, 5) is 10.6. The molecule has 1 rings (SSSR count). The molecular weight excluding hydrogens is 276 g/mol. The minimum Gasteiger partial charge on any atom is -0.491 e. The van der Waals surface area contributed by atoms with Crippen molar-refractivity contribution >= 4 is 5.97 Å². The minimum absolute atomic E-state index is 0.101. The lowest BCUT2D eigenvalue weighted by Crippen LogP contribution is -2.20. The van der Waals surface area contributed by atoms with Gasteiger partial charge in [-0.1, -0.05) is 12.1 Å². The molecule has 21 heavy (non-hydrogen) atoms. The van der Waals surface area contributed by atoms with Crippen LogP contribution < -0.4 is 4.74 Å². The first kappa shape index (κ1) is 17.2. The van der Waals surface area contributed by atoms with Crippen LogP contribution in [-0.2, 0) is 9.53 Å². The Hall–Kier alpha value is -1.89. The van der Waals surface area contributed by atoms with Crippen molar-refractivity contribution in [2.75, 3.05) is 19.8 Å². The Labute approximate surface area is 123 Å². The maximum absolute atomic E-state index is 10.6. The number of carboxylic acids is 1. The predicted octanol–water partition coefficient (Wildman–Crippen LogP) is 1.14. The highest BCUT2D eigenvalue weighted by Crippen LogP contribution is 2.24. The van der Waals surface area contributed by atoms with E-state index in [0.717, 1.165) is 6.08 Å². The highest BCUT2D eigenvalue weighted by atomic mass is 16.5. The minimum atomic E-state index is -1.10. The number of carboxylic acid groups (broad SMARTS) is 1. The van der Waals surface area contributed by atoms with Crippen molar-refractivity contribution < 1.29 is 29.6 Å². The summed E-state index contributed by atoms with van der Waals surface area (Å²) in [6.45, 7) is 2.16. The van der Waals surface area contributed by atoms with E-state index in [2.05, 4.69) is 0 Å². The average molecular weight is 296 g/mol. The standard InChI is InChI=1S/C15H20O6/c1-2-20-13(6-7-14(17)18)15(19)11-4-3-5-12(10-11)21-9-8-16/h3-7,10,13,15-16,19H,2,8-9H2,1H3,(H,17,18)/b7-6+/t13-,15-/m0/s1. The lowest BCUT2D eigenvalue weighted by Gasteiger charge is -2.20. The van der Waals surface area contributed by atoms with Crippen LogP contribution in [0.15, 0.2) is 36.4 Å². The molecule has 0 bridgehead atoms. The van der Waals surface area contributed by atoms with Gasteiger partial charge in [0, 0.05) is 12.7 Å². The Morgan fingerprint density at radius 2 is 2.19 bits per heavy atom. The summed E-state index contributed by atoms with van der Waals surface area (Å²) in [7, 11) is 0. The molecule has 0 spiro atoms. The van der Waals surface area contributed by atoms with Gasteiger partial charge in [-0.25, -0.2) is 4.79 Å². The number of hydrogen-bond acceptors (Lipinski definition) is 5. The van der Waals surface area contributed by atoms with Crippen LogP contribution in [0.4, 0.5) is 0 Å². The molecule has 0 aliphatic rings. The Morgan fingerprint density at radius 3 is 2.81 bits per heavy atom. The van der Waals surface area contributed by atoms with Crippen LogP contribution in [0.25, 0.3) is 0 Å². The zero-order valence-corrected chi connectivity index (χ0v) is 11.8. The van der Waals surface area contributed by atoms with Gasteiger partial charge in [0.05, 0.1) is 6.61 Å². The molecule has 0 saturated carbocycles. The van der Waals surface area contributed by atoms with Crippen LogP contribution >= 0.6 is 0 Å². The number of aliphatic hydroxyl groups is 2. The molecule has 0 aromatic heterocycles. The van der Waals surface area contributed by atoms with Gasteiger partial charge in [0.1, 0.15) is 24.6 Å². The van der Waals surface area contributed by atoms with Crippen LogP contribution in [-0.4, -0.2) is 47.2 Å². The fourth-order valence-electron chi connectivity index (χ4n) is 1.76. The van der Waals surface area contributed by atoms with Gasteiger partial charge >= 0.3 is 5.97 Å². The van der Waals surface area contributed by atoms with E-state index in [1.807, 2.05) is 0 Å². The van der Waals surface area contributed by atoms with Crippen molar-refractivity contribution in [3.8, 4) is 5.75 Å². The van der Waals surface area contributed by atoms with Crippen molar-refractivity contribution in [1.29, 1.82) is 0 Å². The molecule has 0 radical (unpaired) electrons. The smallest absolute Gasteiger partial charge is 0.328 e. The first-order chi connectivity index (χ1) is 10.1. The number of aliphatic carboxylic acids is 1. The summed E-state index contributed by atoms with van der Waals surface area (Å²) < 4.78 is 10.6. The van der Waals surface area contributed by atoms with Gasteiger partial charge in [-0.15, -0.1) is 0 Å². The van der Waals surface area contributed by atoms with Gasteiger partial charge < -0.3 is 24.8 Å². The van der Waals surface area contributed by atoms with E-state index in [0.29, 0.717) is 17.9 Å². The third-order valence-electron chi connectivity index (χ3n) is 2.66. The maximum Gasteiger partial charge on any atom is 0.328 e. The number of hydrogen-bond donors (Lipinski definition) is 3. The number of ether oxygens (including phenoxy) is 2. The van der Waals surface area contributed by atoms with E-state index in [9.17, 15) is 9.90 Å². The molecule has 2 atom stereocenters. The molecule has 1 aromatic rings. The van der Waals surface area contributed by atoms with Crippen LogP contribution in [0.1, 0.15) is 18.6 Å². The molecule has 0 aliphatic heterocycles. The van der Waals surface area contributed by atoms with Crippen LogP contribution in [0.5, 0.6) is 5.75 Å². The van der Waals surface area contributed by atoms with Gasteiger partial charge in [-0.05, 0) is 30.7 Å². The van der Waals surface area contributed by atoms with Crippen molar-refractivity contribution in [1.82, 2.24) is 0 Å². The second kappa shape index (κ2) is 9.12. The monoisotopic (exact) mass is 296 g/mol. The van der Waals surface area contributed by atoms with E-state index < -0.39 is 18.2 Å². The number of benzene rings is 1. The van der Waals surface area contributed by atoms with Gasteiger partial charge in [0.15, 0.2) is 0 Å². The van der Waals surface area contributed by atoms with Gasteiger partial charge in [0.25, 0.3) is 0 Å². The summed E-state index contributed by atoms with van der Waals surface area (Å²) >= 11 is 0. The molecule has 6 nitrogen and oxygen atoms in total. The summed E-state index contributed by atoms with van der Waals surface area (Å²) in [6, 6.07) is 6.72. The zero-order chi connectivity index (χ0) is 15.7. The molecular formula is C15H20O6. The van der Waals surface area contributed by atoms with Crippen LogP contribution in [0, 0.1) is 0 Å². The van der Waals surface area contributed by atoms with Crippen molar-refractivity contribution in [2.45, 2.75) is 19.1 Å². The quantitative estimate of drug-likeness (QED) is 0.591. The molecule has 0 heterocycles. The summed E-state index contributed by atoms with van der Waals surface area (Å²) in [5, 5.41) is 27.7. The fourth-order valence-corrected chi connectivity index (χ4v) is 1.76. The third kappa shape index (κ3) is 5.95. The maximum atomic E-state index is 10.6. The molecule has 6 heteroatoms. The number of aliphatic hydroxyl groups excluding tert-OH is 2. The molecule has 0 fully saturated rings. The summed E-state index contributed by atoms with van der Waals surface area (Å²) in [5.41, 5.74) is 0.541. The highest BCUT2D eigenvalue weighted by Gasteiger charge is 2.19. The first-order valence-electron chi connectivity index (χ1n) is 6.63. The SMILES string of the molecule is CCO[C@@H](/C=C/C(=O)O)[C@@H](O)c1cccc(OCCO)c1. The fraction of sp³-hybridized carbons (Fsp3) is 0.400. The molecule has 3 N–H and O–H groups in total. The lowest BCUT2D eigenvalue weighted by molar-refractivity contribution is -0.131.